The summed E-state index contributed by atoms with van der Waals surface area (Å²) in [5.41, 5.74) is -0.0997. The molecule has 50 heavy (non-hydrogen) atoms. The number of ether oxygens (including phenoxy) is 3. The number of esters is 1. The maximum absolute atomic E-state index is 13.1. The number of hydrogen-bond acceptors (Lipinski definition) is 7. The van der Waals surface area contributed by atoms with Crippen LogP contribution < -0.4 is 26.0 Å². The van der Waals surface area contributed by atoms with Crippen LogP contribution in [0, 0.1) is 6.92 Å². The van der Waals surface area contributed by atoms with Crippen molar-refractivity contribution in [1.82, 2.24) is 14.0 Å². The molecule has 1 atom stereocenters. The lowest BCUT2D eigenvalue weighted by molar-refractivity contribution is -0.148. The highest BCUT2D eigenvalue weighted by molar-refractivity contribution is 6.31. The van der Waals surface area contributed by atoms with Crippen LogP contribution in [0.1, 0.15) is 36.2 Å². The van der Waals surface area contributed by atoms with Crippen LogP contribution >= 0.6 is 11.6 Å². The smallest absolute Gasteiger partial charge is 0.431 e. The van der Waals surface area contributed by atoms with Crippen molar-refractivity contribution in [2.75, 3.05) is 26.5 Å². The van der Waals surface area contributed by atoms with Crippen LogP contribution in [0.3, 0.4) is 0 Å². The summed E-state index contributed by atoms with van der Waals surface area (Å²) in [5, 5.41) is 3.37. The molecule has 1 N–H and O–H groups in total. The predicted octanol–water partition coefficient (Wildman–Crippen LogP) is 6.38. The Hall–Kier alpha value is -5.24. The molecule has 2 amide bonds. The minimum absolute atomic E-state index is 0.0779. The van der Waals surface area contributed by atoms with Gasteiger partial charge in [-0.25, -0.2) is 19.0 Å². The van der Waals surface area contributed by atoms with Gasteiger partial charge in [-0.1, -0.05) is 36.7 Å². The summed E-state index contributed by atoms with van der Waals surface area (Å²) in [6, 6.07) is 16.9. The fraction of sp³-hybridized carbons (Fsp3) is 0.314. The Bertz CT molecular complexity index is 1940. The zero-order valence-electron chi connectivity index (χ0n) is 28.6. The van der Waals surface area contributed by atoms with Crippen molar-refractivity contribution >= 4 is 29.3 Å². The largest absolute Gasteiger partial charge is 0.489 e. The number of halogens is 4. The lowest BCUT2D eigenvalue weighted by Gasteiger charge is -2.17. The lowest BCUT2D eigenvalue weighted by atomic mass is 10.1. The maximum atomic E-state index is 13.1. The van der Waals surface area contributed by atoms with E-state index in [-0.39, 0.29) is 18.3 Å². The molecule has 0 aliphatic rings. The first-order chi connectivity index (χ1) is 23.5. The molecule has 4 aromatic rings. The molecule has 0 saturated carbocycles. The number of anilines is 1. The Labute approximate surface area is 291 Å². The number of urea groups is 1. The molecule has 4 rings (SSSR count). The van der Waals surface area contributed by atoms with Gasteiger partial charge in [0.1, 0.15) is 23.8 Å². The van der Waals surface area contributed by atoms with Crippen LogP contribution in [-0.2, 0) is 35.8 Å². The molecular weight excluding hydrogens is 681 g/mol. The van der Waals surface area contributed by atoms with Gasteiger partial charge < -0.3 is 24.4 Å². The number of alkyl halides is 3. The van der Waals surface area contributed by atoms with E-state index in [4.69, 9.17) is 25.8 Å². The fourth-order valence-electron chi connectivity index (χ4n) is 4.35. The number of aryl methyl sites for hydroxylation is 2. The highest BCUT2D eigenvalue weighted by Gasteiger charge is 2.35. The Kier molecular flexibility index (Phi) is 13.3. The standard InChI is InChI=1S/C25H25F3N2O6.C10H13ClN2O/c1-5-16-6-7-17(20(12-16)36-15(2)23(32)34-4)14-35-19-10-8-18(9-11-19)30-22(31)13-21(25(26,27)28)29(3)24(30)33;1-7-4-5-8(6-9(7)11)12-10(14)13(2)3/h6-13,15H,5,14H2,1-4H3;4-6H,1-3H3,(H,12,14). The van der Waals surface area contributed by atoms with Gasteiger partial charge in [0.05, 0.1) is 12.8 Å². The molecule has 1 unspecified atom stereocenters. The van der Waals surface area contributed by atoms with E-state index < -0.39 is 35.2 Å². The second kappa shape index (κ2) is 16.9. The number of methoxy groups -OCH3 is 1. The second-order valence-electron chi connectivity index (χ2n) is 11.2. The van der Waals surface area contributed by atoms with Crippen molar-refractivity contribution in [2.24, 2.45) is 7.05 Å². The molecule has 0 aliphatic carbocycles. The highest BCUT2D eigenvalue weighted by Crippen LogP contribution is 2.28. The first kappa shape index (κ1) is 39.2. The zero-order chi connectivity index (χ0) is 37.3. The average molecular weight is 719 g/mol. The number of carbonyl (C=O) groups is 2. The third-order valence-electron chi connectivity index (χ3n) is 7.31. The molecular formula is C35H38ClF3N4O7. The van der Waals surface area contributed by atoms with Gasteiger partial charge >= 0.3 is 23.9 Å². The van der Waals surface area contributed by atoms with Gasteiger partial charge in [-0.15, -0.1) is 0 Å². The van der Waals surface area contributed by atoms with Crippen LogP contribution in [0.25, 0.3) is 5.69 Å². The summed E-state index contributed by atoms with van der Waals surface area (Å²) >= 11 is 5.91. The summed E-state index contributed by atoms with van der Waals surface area (Å²) in [5.74, 6) is 0.315. The number of nitrogens with one attached hydrogen (secondary N) is 1. The topological polar surface area (TPSA) is 121 Å². The molecule has 0 saturated heterocycles. The molecule has 3 aromatic carbocycles. The Morgan fingerprint density at radius 2 is 1.66 bits per heavy atom. The first-order valence-electron chi connectivity index (χ1n) is 15.2. The Balaban J connectivity index is 0.000000403. The molecule has 15 heteroatoms. The number of carbonyl (C=O) groups excluding carboxylic acids is 2. The minimum atomic E-state index is -4.84. The zero-order valence-corrected chi connectivity index (χ0v) is 29.3. The van der Waals surface area contributed by atoms with Crippen molar-refractivity contribution in [3.8, 4) is 17.2 Å². The molecule has 0 aliphatic heterocycles. The van der Waals surface area contributed by atoms with Crippen LogP contribution in [0.5, 0.6) is 11.5 Å². The first-order valence-corrected chi connectivity index (χ1v) is 15.6. The monoisotopic (exact) mass is 718 g/mol. The normalized spacial score (nSPS) is 11.5. The highest BCUT2D eigenvalue weighted by atomic mass is 35.5. The average Bonchev–Trinajstić information content (AvgIpc) is 3.07. The molecule has 1 aromatic heterocycles. The van der Waals surface area contributed by atoms with Gasteiger partial charge in [0.15, 0.2) is 6.10 Å². The van der Waals surface area contributed by atoms with Crippen molar-refractivity contribution < 1.29 is 37.0 Å². The van der Waals surface area contributed by atoms with E-state index in [1.54, 1.807) is 27.1 Å². The molecule has 0 spiro atoms. The third-order valence-corrected chi connectivity index (χ3v) is 7.71. The van der Waals surface area contributed by atoms with Crippen LogP contribution in [0.15, 0.2) is 76.3 Å². The van der Waals surface area contributed by atoms with E-state index in [2.05, 4.69) is 5.32 Å². The lowest BCUT2D eigenvalue weighted by Crippen LogP contribution is -2.40. The van der Waals surface area contributed by atoms with Gasteiger partial charge in [0, 0.05) is 43.5 Å². The van der Waals surface area contributed by atoms with E-state index in [0.717, 1.165) is 24.6 Å². The van der Waals surface area contributed by atoms with Crippen molar-refractivity contribution in [3.63, 3.8) is 0 Å². The van der Waals surface area contributed by atoms with Gasteiger partial charge in [-0.3, -0.25) is 9.36 Å². The number of benzene rings is 3. The molecule has 11 nitrogen and oxygen atoms in total. The summed E-state index contributed by atoms with van der Waals surface area (Å²) < 4.78 is 56.5. The maximum Gasteiger partial charge on any atom is 0.431 e. The summed E-state index contributed by atoms with van der Waals surface area (Å²) in [6.45, 7) is 5.55. The fourth-order valence-corrected chi connectivity index (χ4v) is 4.53. The van der Waals surface area contributed by atoms with Gasteiger partial charge in [0.2, 0.25) is 0 Å². The predicted molar refractivity (Wildman–Crippen MR) is 183 cm³/mol. The summed E-state index contributed by atoms with van der Waals surface area (Å²) in [6.07, 6.45) is -4.91. The van der Waals surface area contributed by atoms with E-state index in [9.17, 15) is 32.3 Å². The SMILES string of the molecule is CCc1ccc(COc2ccc(-n3c(=O)cc(C(F)(F)F)n(C)c3=O)cc2)c(OC(C)C(=O)OC)c1.Cc1ccc(NC(=O)N(C)C)cc1Cl. The van der Waals surface area contributed by atoms with Crippen LogP contribution in [-0.4, -0.2) is 53.3 Å². The van der Waals surface area contributed by atoms with Crippen molar-refractivity contribution in [1.29, 1.82) is 0 Å². The number of aromatic nitrogens is 2. The summed E-state index contributed by atoms with van der Waals surface area (Å²) in [7, 11) is 5.59. The number of nitrogens with zero attached hydrogens (tertiary/aromatic N) is 3. The van der Waals surface area contributed by atoms with Gasteiger partial charge in [-0.05, 0) is 73.9 Å². The van der Waals surface area contributed by atoms with Crippen molar-refractivity contribution in [2.45, 2.75) is 46.1 Å². The molecule has 0 fully saturated rings. The van der Waals surface area contributed by atoms with Gasteiger partial charge in [0.25, 0.3) is 5.56 Å². The number of rotatable bonds is 9. The number of amides is 2. The molecule has 0 bridgehead atoms. The minimum Gasteiger partial charge on any atom is -0.489 e. The number of hydrogen-bond donors (Lipinski definition) is 1. The summed E-state index contributed by atoms with van der Waals surface area (Å²) in [4.78, 5) is 49.2. The van der Waals surface area contributed by atoms with Crippen LogP contribution in [0.2, 0.25) is 5.02 Å². The van der Waals surface area contributed by atoms with Crippen LogP contribution in [0.4, 0.5) is 23.7 Å². The molecule has 0 radical (unpaired) electrons. The van der Waals surface area contributed by atoms with E-state index in [0.29, 0.717) is 43.0 Å². The Morgan fingerprint density at radius 3 is 2.22 bits per heavy atom. The third kappa shape index (κ3) is 10.1. The van der Waals surface area contributed by atoms with E-state index in [1.807, 2.05) is 44.2 Å². The molecule has 268 valence electrons. The quantitative estimate of drug-likeness (QED) is 0.200. The Morgan fingerprint density at radius 1 is 1.00 bits per heavy atom. The van der Waals surface area contributed by atoms with E-state index in [1.165, 1.54) is 36.3 Å². The molecule has 1 heterocycles. The van der Waals surface area contributed by atoms with Crippen molar-refractivity contribution in [3.05, 3.63) is 115 Å². The second-order valence-corrected chi connectivity index (χ2v) is 11.6. The van der Waals surface area contributed by atoms with E-state index >= 15 is 0 Å². The van der Waals surface area contributed by atoms with Gasteiger partial charge in [-0.2, -0.15) is 13.2 Å².